The Bertz CT molecular complexity index is 844. The molecule has 4 heteroatoms. The van der Waals surface area contributed by atoms with Crippen LogP contribution in [0.1, 0.15) is 11.1 Å². The second kappa shape index (κ2) is 8.00. The van der Waals surface area contributed by atoms with Gasteiger partial charge in [0.05, 0.1) is 5.69 Å². The fourth-order valence-electron chi connectivity index (χ4n) is 2.15. The Morgan fingerprint density at radius 1 is 0.833 bits per heavy atom. The largest absolute Gasteiger partial charge is 0.489 e. The van der Waals surface area contributed by atoms with E-state index in [1.807, 2.05) is 72.8 Å². The molecule has 0 spiro atoms. The third kappa shape index (κ3) is 4.85. The van der Waals surface area contributed by atoms with Gasteiger partial charge >= 0.3 is 0 Å². The van der Waals surface area contributed by atoms with Crippen molar-refractivity contribution in [2.45, 2.75) is 6.61 Å². The summed E-state index contributed by atoms with van der Waals surface area (Å²) in [4.78, 5) is 4.41. The van der Waals surface area contributed by atoms with Crippen LogP contribution in [0.2, 0.25) is 10.0 Å². The second-order valence-corrected chi connectivity index (χ2v) is 6.10. The van der Waals surface area contributed by atoms with Crippen LogP contribution in [0, 0.1) is 0 Å². The molecule has 0 radical (unpaired) electrons. The van der Waals surface area contributed by atoms with Gasteiger partial charge in [-0.3, -0.25) is 4.99 Å². The molecule has 0 saturated heterocycles. The van der Waals surface area contributed by atoms with Gasteiger partial charge in [0.25, 0.3) is 0 Å². The van der Waals surface area contributed by atoms with E-state index >= 15 is 0 Å². The Morgan fingerprint density at radius 3 is 2.25 bits per heavy atom. The van der Waals surface area contributed by atoms with Crippen molar-refractivity contribution in [2.75, 3.05) is 0 Å². The van der Waals surface area contributed by atoms with Crippen LogP contribution in [0.3, 0.4) is 0 Å². The molecule has 0 aliphatic carbocycles. The summed E-state index contributed by atoms with van der Waals surface area (Å²) in [5, 5.41) is 1.39. The van der Waals surface area contributed by atoms with Crippen LogP contribution >= 0.6 is 23.2 Å². The molecule has 2 nitrogen and oxygen atoms in total. The van der Waals surface area contributed by atoms with E-state index in [1.165, 1.54) is 0 Å². The first-order chi connectivity index (χ1) is 11.7. The molecule has 0 unspecified atom stereocenters. The summed E-state index contributed by atoms with van der Waals surface area (Å²) in [6.45, 7) is 0.483. The van der Waals surface area contributed by atoms with E-state index in [0.717, 1.165) is 22.6 Å². The van der Waals surface area contributed by atoms with Gasteiger partial charge in [-0.15, -0.1) is 0 Å². The van der Waals surface area contributed by atoms with E-state index < -0.39 is 0 Å². The van der Waals surface area contributed by atoms with Gasteiger partial charge in [0.15, 0.2) is 0 Å². The maximum absolute atomic E-state index is 5.96. The molecule has 0 amide bonds. The van der Waals surface area contributed by atoms with E-state index in [2.05, 4.69) is 4.99 Å². The average Bonchev–Trinajstić information content (AvgIpc) is 2.59. The highest BCUT2D eigenvalue weighted by atomic mass is 35.5. The number of halogens is 2. The molecule has 0 saturated carbocycles. The zero-order valence-corrected chi connectivity index (χ0v) is 14.3. The van der Waals surface area contributed by atoms with Crippen LogP contribution in [0.15, 0.2) is 77.8 Å². The molecular formula is C20H15Cl2NO. The van der Waals surface area contributed by atoms with E-state index in [0.29, 0.717) is 16.7 Å². The minimum atomic E-state index is 0.483. The van der Waals surface area contributed by atoms with E-state index in [4.69, 9.17) is 27.9 Å². The maximum atomic E-state index is 5.96. The first-order valence-corrected chi connectivity index (χ1v) is 8.21. The second-order valence-electron chi connectivity index (χ2n) is 5.23. The van der Waals surface area contributed by atoms with Gasteiger partial charge in [-0.1, -0.05) is 41.4 Å². The predicted molar refractivity (Wildman–Crippen MR) is 101 cm³/mol. The number of nitrogens with zero attached hydrogens (tertiary/aromatic N) is 1. The number of hydrogen-bond acceptors (Lipinski definition) is 2. The van der Waals surface area contributed by atoms with Gasteiger partial charge in [0.2, 0.25) is 0 Å². The zero-order valence-electron chi connectivity index (χ0n) is 12.8. The van der Waals surface area contributed by atoms with Gasteiger partial charge in [-0.2, -0.15) is 0 Å². The molecule has 24 heavy (non-hydrogen) atoms. The zero-order chi connectivity index (χ0) is 16.8. The first-order valence-electron chi connectivity index (χ1n) is 7.46. The van der Waals surface area contributed by atoms with Crippen LogP contribution in [0.4, 0.5) is 5.69 Å². The third-order valence-electron chi connectivity index (χ3n) is 3.35. The van der Waals surface area contributed by atoms with Gasteiger partial charge in [-0.05, 0) is 65.7 Å². The van der Waals surface area contributed by atoms with Crippen molar-refractivity contribution in [3.05, 3.63) is 94.0 Å². The fraction of sp³-hybridized carbons (Fsp3) is 0.0500. The van der Waals surface area contributed by atoms with Crippen molar-refractivity contribution in [3.8, 4) is 5.75 Å². The van der Waals surface area contributed by atoms with Crippen LogP contribution in [-0.2, 0) is 6.61 Å². The topological polar surface area (TPSA) is 21.6 Å². The van der Waals surface area contributed by atoms with E-state index in [-0.39, 0.29) is 0 Å². The van der Waals surface area contributed by atoms with E-state index in [1.54, 1.807) is 6.21 Å². The van der Waals surface area contributed by atoms with Crippen LogP contribution < -0.4 is 4.74 Å². The van der Waals surface area contributed by atoms with Crippen molar-refractivity contribution in [1.82, 2.24) is 0 Å². The Morgan fingerprint density at radius 2 is 1.54 bits per heavy atom. The van der Waals surface area contributed by atoms with Gasteiger partial charge in [0, 0.05) is 16.3 Å². The summed E-state index contributed by atoms with van der Waals surface area (Å²) in [5.74, 6) is 0.801. The lowest BCUT2D eigenvalue weighted by Crippen LogP contribution is -1.95. The van der Waals surface area contributed by atoms with Crippen LogP contribution in [0.5, 0.6) is 5.75 Å². The molecule has 0 heterocycles. The lowest BCUT2D eigenvalue weighted by atomic mass is 10.2. The number of aliphatic imine (C=N–C) groups is 1. The van der Waals surface area contributed by atoms with Crippen molar-refractivity contribution in [2.24, 2.45) is 4.99 Å². The minimum Gasteiger partial charge on any atom is -0.489 e. The summed E-state index contributed by atoms with van der Waals surface area (Å²) in [7, 11) is 0. The monoisotopic (exact) mass is 355 g/mol. The van der Waals surface area contributed by atoms with Crippen LogP contribution in [0.25, 0.3) is 0 Å². The summed E-state index contributed by atoms with van der Waals surface area (Å²) in [5.41, 5.74) is 2.85. The number of benzene rings is 3. The molecule has 3 aromatic rings. The fourth-order valence-corrected chi connectivity index (χ4v) is 2.55. The highest BCUT2D eigenvalue weighted by Gasteiger charge is 1.98. The molecule has 0 aliphatic heterocycles. The lowest BCUT2D eigenvalue weighted by molar-refractivity contribution is 0.306. The smallest absolute Gasteiger partial charge is 0.119 e. The molecule has 3 rings (SSSR count). The van der Waals surface area contributed by atoms with Gasteiger partial charge in [-0.25, -0.2) is 0 Å². The van der Waals surface area contributed by atoms with Crippen LogP contribution in [-0.4, -0.2) is 6.21 Å². The first kappa shape index (κ1) is 16.6. The SMILES string of the molecule is Clc1cccc(COc2ccc(C=Nc3cccc(Cl)c3)cc2)c1. The summed E-state index contributed by atoms with van der Waals surface area (Å²) in [6.07, 6.45) is 1.80. The molecule has 0 bridgehead atoms. The summed E-state index contributed by atoms with van der Waals surface area (Å²) >= 11 is 11.9. The summed E-state index contributed by atoms with van der Waals surface area (Å²) < 4.78 is 5.76. The molecule has 0 aliphatic rings. The average molecular weight is 356 g/mol. The highest BCUT2D eigenvalue weighted by molar-refractivity contribution is 6.31. The predicted octanol–water partition coefficient (Wildman–Crippen LogP) is 6.32. The normalized spacial score (nSPS) is 10.9. The Kier molecular flexibility index (Phi) is 5.52. The van der Waals surface area contributed by atoms with Gasteiger partial charge < -0.3 is 4.74 Å². The Labute approximate surface area is 151 Å². The molecule has 0 aromatic heterocycles. The minimum absolute atomic E-state index is 0.483. The molecule has 3 aromatic carbocycles. The van der Waals surface area contributed by atoms with Crippen molar-refractivity contribution in [3.63, 3.8) is 0 Å². The van der Waals surface area contributed by atoms with E-state index in [9.17, 15) is 0 Å². The molecule has 0 atom stereocenters. The number of ether oxygens (including phenoxy) is 1. The lowest BCUT2D eigenvalue weighted by Gasteiger charge is -2.06. The van der Waals surface area contributed by atoms with Crippen molar-refractivity contribution in [1.29, 1.82) is 0 Å². The molecular weight excluding hydrogens is 341 g/mol. The number of rotatable bonds is 5. The molecule has 0 N–H and O–H groups in total. The van der Waals surface area contributed by atoms with Crippen molar-refractivity contribution < 1.29 is 4.74 Å². The Hall–Kier alpha value is -2.29. The Balaban J connectivity index is 1.61. The third-order valence-corrected chi connectivity index (χ3v) is 3.82. The standard InChI is InChI=1S/C20H15Cl2NO/c21-17-4-1-3-16(11-17)14-24-20-9-7-15(8-10-20)13-23-19-6-2-5-18(22)12-19/h1-13H,14H2. The maximum Gasteiger partial charge on any atom is 0.119 e. The molecule has 0 fully saturated rings. The van der Waals surface area contributed by atoms with Gasteiger partial charge in [0.1, 0.15) is 12.4 Å². The summed E-state index contributed by atoms with van der Waals surface area (Å²) in [6, 6.07) is 22.8. The number of hydrogen-bond donors (Lipinski definition) is 0. The highest BCUT2D eigenvalue weighted by Crippen LogP contribution is 2.19. The quantitative estimate of drug-likeness (QED) is 0.490. The molecule has 120 valence electrons. The van der Waals surface area contributed by atoms with Crippen molar-refractivity contribution >= 4 is 35.1 Å².